The molecule has 2 atom stereocenters. The number of rotatable bonds is 5. The average molecular weight is 389 g/mol. The van der Waals surface area contributed by atoms with E-state index in [1.54, 1.807) is 6.33 Å². The first-order valence-electron chi connectivity index (χ1n) is 9.78. The quantitative estimate of drug-likeness (QED) is 0.852. The molecule has 3 heterocycles. The standard InChI is InChI=1S/C21H25F2N3O2/c1-21(22,23)11-20(28)25-8-6-14(7-9-25)19(27)10-17-15-4-2-3-5-16(15)18-12-24-13-26(17)18/h2-5,12-14,17,19,27H,6-11H2,1H3. The van der Waals surface area contributed by atoms with Crippen LogP contribution < -0.4 is 0 Å². The fourth-order valence-electron chi connectivity index (χ4n) is 4.51. The molecular formula is C21H25F2N3O2. The van der Waals surface area contributed by atoms with E-state index in [-0.39, 0.29) is 12.0 Å². The number of fused-ring (bicyclic) bond motifs is 3. The molecule has 0 saturated carbocycles. The second kappa shape index (κ2) is 7.28. The lowest BCUT2D eigenvalue weighted by Crippen LogP contribution is -2.43. The van der Waals surface area contributed by atoms with E-state index in [4.69, 9.17) is 0 Å². The van der Waals surface area contributed by atoms with E-state index in [9.17, 15) is 18.7 Å². The first-order chi connectivity index (χ1) is 13.3. The van der Waals surface area contributed by atoms with Gasteiger partial charge in [0.25, 0.3) is 5.92 Å². The number of aliphatic hydroxyl groups excluding tert-OH is 1. The molecule has 28 heavy (non-hydrogen) atoms. The summed E-state index contributed by atoms with van der Waals surface area (Å²) in [4.78, 5) is 17.7. The van der Waals surface area contributed by atoms with Crippen molar-refractivity contribution in [2.75, 3.05) is 13.1 Å². The molecule has 2 aromatic rings. The Bertz CT molecular complexity index is 853. The van der Waals surface area contributed by atoms with Gasteiger partial charge in [0, 0.05) is 18.7 Å². The van der Waals surface area contributed by atoms with E-state index >= 15 is 0 Å². The van der Waals surface area contributed by atoms with Crippen molar-refractivity contribution in [3.05, 3.63) is 42.4 Å². The van der Waals surface area contributed by atoms with Crippen molar-refractivity contribution in [3.63, 3.8) is 0 Å². The number of alkyl halides is 2. The third kappa shape index (κ3) is 3.68. The van der Waals surface area contributed by atoms with Gasteiger partial charge in [-0.2, -0.15) is 0 Å². The summed E-state index contributed by atoms with van der Waals surface area (Å²) in [5.41, 5.74) is 3.41. The zero-order valence-electron chi connectivity index (χ0n) is 15.9. The van der Waals surface area contributed by atoms with Gasteiger partial charge in [0.15, 0.2) is 0 Å². The normalized spacial score (nSPS) is 20.7. The van der Waals surface area contributed by atoms with Crippen LogP contribution in [0.2, 0.25) is 0 Å². The molecule has 1 amide bonds. The Hall–Kier alpha value is -2.28. The number of likely N-dealkylation sites (tertiary alicyclic amines) is 1. The van der Waals surface area contributed by atoms with Gasteiger partial charge >= 0.3 is 0 Å². The Labute approximate surface area is 163 Å². The molecule has 1 fully saturated rings. The highest BCUT2D eigenvalue weighted by Crippen LogP contribution is 2.42. The highest BCUT2D eigenvalue weighted by Gasteiger charge is 2.35. The highest BCUT2D eigenvalue weighted by atomic mass is 19.3. The van der Waals surface area contributed by atoms with Crippen molar-refractivity contribution >= 4 is 5.91 Å². The second-order valence-electron chi connectivity index (χ2n) is 8.06. The first kappa shape index (κ1) is 19.1. The molecule has 1 aromatic carbocycles. The van der Waals surface area contributed by atoms with Crippen molar-refractivity contribution in [2.24, 2.45) is 5.92 Å². The zero-order chi connectivity index (χ0) is 19.9. The SMILES string of the molecule is CC(F)(F)CC(=O)N1CCC(C(O)CC2c3ccccc3-c3cncn32)CC1. The lowest BCUT2D eigenvalue weighted by molar-refractivity contribution is -0.139. The van der Waals surface area contributed by atoms with Gasteiger partial charge in [-0.25, -0.2) is 13.8 Å². The third-order valence-corrected chi connectivity index (χ3v) is 5.96. The molecule has 1 N–H and O–H groups in total. The van der Waals surface area contributed by atoms with Gasteiger partial charge in [0.1, 0.15) is 0 Å². The van der Waals surface area contributed by atoms with Crippen molar-refractivity contribution in [2.45, 2.75) is 50.7 Å². The van der Waals surface area contributed by atoms with E-state index < -0.39 is 24.4 Å². The van der Waals surface area contributed by atoms with Crippen LogP contribution in [0.4, 0.5) is 8.78 Å². The van der Waals surface area contributed by atoms with Gasteiger partial charge in [-0.1, -0.05) is 24.3 Å². The molecule has 0 radical (unpaired) electrons. The largest absolute Gasteiger partial charge is 0.393 e. The predicted molar refractivity (Wildman–Crippen MR) is 101 cm³/mol. The number of imidazole rings is 1. The van der Waals surface area contributed by atoms with Crippen LogP contribution in [0.1, 0.15) is 44.2 Å². The monoisotopic (exact) mass is 389 g/mol. The number of amides is 1. The highest BCUT2D eigenvalue weighted by molar-refractivity contribution is 5.77. The summed E-state index contributed by atoms with van der Waals surface area (Å²) in [7, 11) is 0. The first-order valence-corrected chi connectivity index (χ1v) is 9.78. The Morgan fingerprint density at radius 1 is 1.32 bits per heavy atom. The fraction of sp³-hybridized carbons (Fsp3) is 0.524. The number of aromatic nitrogens is 2. The van der Waals surface area contributed by atoms with E-state index in [1.165, 1.54) is 10.5 Å². The lowest BCUT2D eigenvalue weighted by atomic mass is 9.86. The van der Waals surface area contributed by atoms with Crippen LogP contribution in [0.5, 0.6) is 0 Å². The van der Waals surface area contributed by atoms with E-state index in [0.717, 1.165) is 18.2 Å². The van der Waals surface area contributed by atoms with Crippen LogP contribution in [0, 0.1) is 5.92 Å². The number of hydrogen-bond acceptors (Lipinski definition) is 3. The van der Waals surface area contributed by atoms with E-state index in [0.29, 0.717) is 32.4 Å². The molecular weight excluding hydrogens is 364 g/mol. The van der Waals surface area contributed by atoms with Crippen molar-refractivity contribution in [1.82, 2.24) is 14.5 Å². The summed E-state index contributed by atoms with van der Waals surface area (Å²) >= 11 is 0. The second-order valence-corrected chi connectivity index (χ2v) is 8.06. The number of carbonyl (C=O) groups excluding carboxylic acids is 1. The minimum absolute atomic E-state index is 0.0437. The molecule has 4 rings (SSSR count). The lowest BCUT2D eigenvalue weighted by Gasteiger charge is -2.35. The number of hydrogen-bond donors (Lipinski definition) is 1. The van der Waals surface area contributed by atoms with Gasteiger partial charge in [-0.3, -0.25) is 4.79 Å². The minimum Gasteiger partial charge on any atom is -0.393 e. The molecule has 2 aliphatic heterocycles. The van der Waals surface area contributed by atoms with Crippen molar-refractivity contribution in [1.29, 1.82) is 0 Å². The topological polar surface area (TPSA) is 58.4 Å². The fourth-order valence-corrected chi connectivity index (χ4v) is 4.51. The summed E-state index contributed by atoms with van der Waals surface area (Å²) in [5.74, 6) is -3.43. The molecule has 0 bridgehead atoms. The number of nitrogens with zero attached hydrogens (tertiary/aromatic N) is 3. The number of halogens is 2. The Balaban J connectivity index is 1.38. The van der Waals surface area contributed by atoms with Gasteiger partial charge in [-0.15, -0.1) is 0 Å². The molecule has 0 aliphatic carbocycles. The van der Waals surface area contributed by atoms with Crippen molar-refractivity contribution < 1.29 is 18.7 Å². The van der Waals surface area contributed by atoms with Crippen LogP contribution in [-0.4, -0.2) is 50.6 Å². The van der Waals surface area contributed by atoms with Crippen molar-refractivity contribution in [3.8, 4) is 11.3 Å². The Kier molecular flexibility index (Phi) is 4.95. The molecule has 0 spiro atoms. The molecule has 150 valence electrons. The number of carbonyl (C=O) groups is 1. The van der Waals surface area contributed by atoms with E-state index in [1.807, 2.05) is 18.3 Å². The smallest absolute Gasteiger partial charge is 0.254 e. The molecule has 5 nitrogen and oxygen atoms in total. The van der Waals surface area contributed by atoms with Crippen LogP contribution in [0.3, 0.4) is 0 Å². The summed E-state index contributed by atoms with van der Waals surface area (Å²) in [6, 6.07) is 8.21. The van der Waals surface area contributed by atoms with Crippen LogP contribution in [-0.2, 0) is 4.79 Å². The average Bonchev–Trinajstić information content (AvgIpc) is 3.23. The van der Waals surface area contributed by atoms with E-state index in [2.05, 4.69) is 21.7 Å². The van der Waals surface area contributed by atoms with Gasteiger partial charge < -0.3 is 14.6 Å². The summed E-state index contributed by atoms with van der Waals surface area (Å²) in [6.07, 6.45) is 4.23. The molecule has 2 unspecified atom stereocenters. The minimum atomic E-state index is -2.98. The molecule has 2 aliphatic rings. The van der Waals surface area contributed by atoms with Crippen LogP contribution in [0.25, 0.3) is 11.3 Å². The Morgan fingerprint density at radius 2 is 2.04 bits per heavy atom. The number of aliphatic hydroxyl groups is 1. The zero-order valence-corrected chi connectivity index (χ0v) is 15.9. The third-order valence-electron chi connectivity index (χ3n) is 5.96. The summed E-state index contributed by atoms with van der Waals surface area (Å²) < 4.78 is 28.3. The predicted octanol–water partition coefficient (Wildman–Crippen LogP) is 3.49. The number of piperidine rings is 1. The van der Waals surface area contributed by atoms with Crippen LogP contribution in [0.15, 0.2) is 36.8 Å². The Morgan fingerprint density at radius 3 is 2.75 bits per heavy atom. The van der Waals surface area contributed by atoms with Gasteiger partial charge in [-0.05, 0) is 37.7 Å². The molecule has 7 heteroatoms. The summed E-state index contributed by atoms with van der Waals surface area (Å²) in [5, 5.41) is 10.9. The maximum Gasteiger partial charge on any atom is 0.254 e. The van der Waals surface area contributed by atoms with Crippen LogP contribution >= 0.6 is 0 Å². The van der Waals surface area contributed by atoms with Gasteiger partial charge in [0.2, 0.25) is 5.91 Å². The molecule has 1 saturated heterocycles. The van der Waals surface area contributed by atoms with Gasteiger partial charge in [0.05, 0.1) is 36.8 Å². The maximum atomic E-state index is 13.1. The maximum absolute atomic E-state index is 13.1. The molecule has 1 aromatic heterocycles. The summed E-state index contributed by atoms with van der Waals surface area (Å²) in [6.45, 7) is 1.62. The number of benzene rings is 1.